The Morgan fingerprint density at radius 2 is 2.21 bits per heavy atom. The summed E-state index contributed by atoms with van der Waals surface area (Å²) in [4.78, 5) is 22.6. The Kier molecular flexibility index (Phi) is 4.50. The van der Waals surface area contributed by atoms with Gasteiger partial charge in [-0.2, -0.15) is 4.98 Å². The first kappa shape index (κ1) is 18.4. The van der Waals surface area contributed by atoms with Crippen molar-refractivity contribution < 1.29 is 14.6 Å². The number of anilines is 1. The summed E-state index contributed by atoms with van der Waals surface area (Å²) in [6, 6.07) is 9.63. The van der Waals surface area contributed by atoms with E-state index >= 15 is 0 Å². The normalized spacial score (nSPS) is 27.3. The van der Waals surface area contributed by atoms with Crippen molar-refractivity contribution in [2.45, 2.75) is 37.6 Å². The van der Waals surface area contributed by atoms with Crippen LogP contribution in [0.15, 0.2) is 54.1 Å². The van der Waals surface area contributed by atoms with E-state index in [0.717, 1.165) is 5.56 Å². The first-order chi connectivity index (χ1) is 13.4. The average molecular weight is 383 g/mol. The van der Waals surface area contributed by atoms with E-state index in [0.29, 0.717) is 6.61 Å². The summed E-state index contributed by atoms with van der Waals surface area (Å²) < 4.78 is 13.6. The molecule has 2 aromatic heterocycles. The number of fused-ring (bicyclic) bond motifs is 1. The number of nitrogens with zero attached hydrogens (tertiary/aromatic N) is 3. The number of benzene rings is 1. The zero-order valence-corrected chi connectivity index (χ0v) is 15.3. The van der Waals surface area contributed by atoms with Crippen LogP contribution in [0.2, 0.25) is 0 Å². The second-order valence-electron chi connectivity index (χ2n) is 6.88. The maximum absolute atomic E-state index is 12.0. The lowest BCUT2D eigenvalue weighted by molar-refractivity contribution is -0.0802. The van der Waals surface area contributed by atoms with Crippen molar-refractivity contribution in [2.24, 2.45) is 0 Å². The Bertz CT molecular complexity index is 1060. The van der Waals surface area contributed by atoms with Gasteiger partial charge in [0.1, 0.15) is 17.8 Å². The minimum absolute atomic E-state index is 0.0462. The van der Waals surface area contributed by atoms with Gasteiger partial charge in [0.05, 0.1) is 12.9 Å². The van der Waals surface area contributed by atoms with Crippen molar-refractivity contribution in [1.82, 2.24) is 19.5 Å². The quantitative estimate of drug-likeness (QED) is 0.563. The highest BCUT2D eigenvalue weighted by Crippen LogP contribution is 2.40. The van der Waals surface area contributed by atoms with Crippen molar-refractivity contribution >= 4 is 17.1 Å². The molecular formula is C19H21N5O4. The number of ether oxygens (including phenoxy) is 2. The fourth-order valence-electron chi connectivity index (χ4n) is 3.42. The highest BCUT2D eigenvalue weighted by atomic mass is 16.6. The topological polar surface area (TPSA) is 128 Å². The Hall–Kier alpha value is -3.01. The van der Waals surface area contributed by atoms with Crippen molar-refractivity contribution in [3.05, 3.63) is 65.2 Å². The number of aromatic amines is 1. The van der Waals surface area contributed by atoms with Crippen molar-refractivity contribution in [3.63, 3.8) is 0 Å². The van der Waals surface area contributed by atoms with Gasteiger partial charge in [-0.25, -0.2) is 4.98 Å². The van der Waals surface area contributed by atoms with E-state index < -0.39 is 29.6 Å². The van der Waals surface area contributed by atoms with Gasteiger partial charge >= 0.3 is 0 Å². The van der Waals surface area contributed by atoms with Crippen LogP contribution >= 0.6 is 0 Å². The van der Waals surface area contributed by atoms with Gasteiger partial charge in [0.25, 0.3) is 5.56 Å². The van der Waals surface area contributed by atoms with E-state index in [1.165, 1.54) is 10.9 Å². The zero-order valence-electron chi connectivity index (χ0n) is 15.3. The number of aliphatic hydroxyl groups excluding tert-OH is 1. The van der Waals surface area contributed by atoms with Crippen LogP contribution in [0.4, 0.5) is 5.95 Å². The number of hydrogen-bond acceptors (Lipinski definition) is 7. The summed E-state index contributed by atoms with van der Waals surface area (Å²) in [5, 5.41) is 11.0. The largest absolute Gasteiger partial charge is 0.386 e. The maximum Gasteiger partial charge on any atom is 0.280 e. The van der Waals surface area contributed by atoms with Crippen LogP contribution < -0.4 is 11.3 Å². The third kappa shape index (κ3) is 2.99. The lowest BCUT2D eigenvalue weighted by Gasteiger charge is -2.27. The highest BCUT2D eigenvalue weighted by Gasteiger charge is 2.52. The van der Waals surface area contributed by atoms with Gasteiger partial charge in [-0.05, 0) is 12.5 Å². The van der Waals surface area contributed by atoms with E-state index in [-0.39, 0.29) is 17.1 Å². The van der Waals surface area contributed by atoms with Gasteiger partial charge in [-0.1, -0.05) is 36.4 Å². The number of aliphatic hydroxyl groups is 1. The number of nitrogens with two attached hydrogens (primary N) is 1. The molecule has 1 aliphatic heterocycles. The van der Waals surface area contributed by atoms with Crippen LogP contribution in [0.3, 0.4) is 0 Å². The first-order valence-corrected chi connectivity index (χ1v) is 8.80. The molecular weight excluding hydrogens is 362 g/mol. The van der Waals surface area contributed by atoms with E-state index in [2.05, 4.69) is 21.5 Å². The number of imidazole rings is 1. The van der Waals surface area contributed by atoms with Gasteiger partial charge in [0, 0.05) is 0 Å². The monoisotopic (exact) mass is 383 g/mol. The molecule has 0 bridgehead atoms. The van der Waals surface area contributed by atoms with Crippen LogP contribution in [-0.2, 0) is 16.1 Å². The second kappa shape index (κ2) is 6.86. The lowest BCUT2D eigenvalue weighted by Crippen LogP contribution is -2.41. The molecule has 0 amide bonds. The Balaban J connectivity index is 1.66. The van der Waals surface area contributed by atoms with Gasteiger partial charge in [0.2, 0.25) is 5.95 Å². The number of nitrogens with one attached hydrogen (secondary N) is 1. The fourth-order valence-corrected chi connectivity index (χ4v) is 3.42. The highest BCUT2D eigenvalue weighted by molar-refractivity contribution is 5.70. The summed E-state index contributed by atoms with van der Waals surface area (Å²) in [5.74, 6) is -0.0462. The number of rotatable bonds is 5. The molecule has 1 saturated heterocycles. The second-order valence-corrected chi connectivity index (χ2v) is 6.88. The maximum atomic E-state index is 12.0. The van der Waals surface area contributed by atoms with Gasteiger partial charge in [-0.3, -0.25) is 14.3 Å². The van der Waals surface area contributed by atoms with Crippen LogP contribution in [0.5, 0.6) is 0 Å². The molecule has 4 N–H and O–H groups in total. The van der Waals surface area contributed by atoms with Gasteiger partial charge < -0.3 is 20.3 Å². The van der Waals surface area contributed by atoms with Crippen molar-refractivity contribution in [1.29, 1.82) is 0 Å². The van der Waals surface area contributed by atoms with Crippen LogP contribution in [0.25, 0.3) is 11.2 Å². The smallest absolute Gasteiger partial charge is 0.280 e. The molecule has 9 nitrogen and oxygen atoms in total. The van der Waals surface area contributed by atoms with E-state index in [9.17, 15) is 9.90 Å². The van der Waals surface area contributed by atoms with Crippen LogP contribution in [-0.4, -0.2) is 42.4 Å². The number of H-pyrrole nitrogens is 1. The zero-order chi connectivity index (χ0) is 19.9. The Morgan fingerprint density at radius 1 is 1.46 bits per heavy atom. The SMILES string of the molecule is C=C[C@@]1(C)O[C@@H](n2cnc3c(=O)[nH]c(N)nc32)[C@@H](O)[C@@H]1OCc1ccccc1. The van der Waals surface area contributed by atoms with E-state index in [1.54, 1.807) is 13.0 Å². The minimum Gasteiger partial charge on any atom is -0.386 e. The number of nitrogen functional groups attached to an aromatic ring is 1. The molecule has 4 atom stereocenters. The molecule has 1 aromatic carbocycles. The Labute approximate surface area is 160 Å². The lowest BCUT2D eigenvalue weighted by atomic mass is 9.97. The third-order valence-corrected chi connectivity index (χ3v) is 4.94. The molecule has 0 aliphatic carbocycles. The first-order valence-electron chi connectivity index (χ1n) is 8.80. The third-order valence-electron chi connectivity index (χ3n) is 4.94. The van der Waals surface area contributed by atoms with Gasteiger partial charge in [0.15, 0.2) is 17.4 Å². The van der Waals surface area contributed by atoms with E-state index in [4.69, 9.17) is 15.2 Å². The standard InChI is InChI=1S/C19H21N5O4/c1-3-19(2)14(27-9-11-7-5-4-6-8-11)13(25)17(28-19)24-10-21-12-15(24)22-18(20)23-16(12)26/h3-8,10,13-14,17,25H,1,9H2,2H3,(H3,20,22,23,26)/t13-,14-,17+,19+/m0/s1. The van der Waals surface area contributed by atoms with Crippen LogP contribution in [0.1, 0.15) is 18.7 Å². The number of aromatic nitrogens is 4. The molecule has 28 heavy (non-hydrogen) atoms. The van der Waals surface area contributed by atoms with Gasteiger partial charge in [-0.15, -0.1) is 6.58 Å². The van der Waals surface area contributed by atoms with Crippen LogP contribution in [0, 0.1) is 0 Å². The summed E-state index contributed by atoms with van der Waals surface area (Å²) in [5.41, 5.74) is 5.54. The molecule has 0 unspecified atom stereocenters. The molecule has 146 valence electrons. The molecule has 0 saturated carbocycles. The van der Waals surface area contributed by atoms with Crippen molar-refractivity contribution in [2.75, 3.05) is 5.73 Å². The molecule has 0 radical (unpaired) electrons. The summed E-state index contributed by atoms with van der Waals surface area (Å²) in [7, 11) is 0. The molecule has 1 aliphatic rings. The predicted molar refractivity (Wildman–Crippen MR) is 102 cm³/mol. The summed E-state index contributed by atoms with van der Waals surface area (Å²) >= 11 is 0. The molecule has 3 heterocycles. The Morgan fingerprint density at radius 3 is 2.93 bits per heavy atom. The molecule has 9 heteroatoms. The molecule has 1 fully saturated rings. The van der Waals surface area contributed by atoms with Crippen molar-refractivity contribution in [3.8, 4) is 0 Å². The fraction of sp³-hybridized carbons (Fsp3) is 0.316. The number of hydrogen-bond donors (Lipinski definition) is 3. The molecule has 4 rings (SSSR count). The minimum atomic E-state index is -1.05. The summed E-state index contributed by atoms with van der Waals surface area (Å²) in [6.45, 7) is 5.92. The molecule has 0 spiro atoms. The average Bonchev–Trinajstić information content (AvgIpc) is 3.20. The summed E-state index contributed by atoms with van der Waals surface area (Å²) in [6.07, 6.45) is 0.379. The predicted octanol–water partition coefficient (Wildman–Crippen LogP) is 1.12. The van der Waals surface area contributed by atoms with E-state index in [1.807, 2.05) is 30.3 Å². The molecule has 3 aromatic rings.